The number of aromatic hydroxyl groups is 1. The lowest BCUT2D eigenvalue weighted by Gasteiger charge is -2.37. The molecule has 9 aromatic rings. The number of hydrogen-bond donors (Lipinski definition) is 1. The Bertz CT molecular complexity index is 3250. The van der Waals surface area contributed by atoms with Gasteiger partial charge >= 0.3 is 11.6 Å². The summed E-state index contributed by atoms with van der Waals surface area (Å²) in [4.78, 5) is 29.9. The number of anilines is 1. The van der Waals surface area contributed by atoms with Crippen molar-refractivity contribution in [2.45, 2.75) is 25.7 Å². The molecule has 0 aliphatic carbocycles. The second-order valence-corrected chi connectivity index (χ2v) is 16.6. The molecule has 6 nitrogen and oxygen atoms in total. The molecule has 0 saturated carbocycles. The van der Waals surface area contributed by atoms with Crippen molar-refractivity contribution in [2.24, 2.45) is 0 Å². The maximum atomic E-state index is 13.9. The molecule has 2 aliphatic heterocycles. The van der Waals surface area contributed by atoms with E-state index in [0.717, 1.165) is 116 Å². The van der Waals surface area contributed by atoms with Crippen LogP contribution in [-0.2, 0) is 12.8 Å². The highest BCUT2D eigenvalue weighted by Crippen LogP contribution is 2.56. The van der Waals surface area contributed by atoms with Gasteiger partial charge in [0.15, 0.2) is 0 Å². The fraction of sp³-hybridized carbons (Fsp3) is 0.103. The SMILES string of the molecule is O=C(Oc1ccc(-c2c(-c3ccccc3)c(-c3ccccc3)c(-c3ccccc3)c(-c3ccccc3)c2-c2ccc(O)cc2)cc1)c1cc2cc3c4c(c2oc1=O)CCCN4CCC3. The number of esters is 1. The largest absolute Gasteiger partial charge is 0.508 e. The minimum atomic E-state index is -0.768. The van der Waals surface area contributed by atoms with E-state index in [2.05, 4.69) is 108 Å². The van der Waals surface area contributed by atoms with Crippen molar-refractivity contribution in [2.75, 3.05) is 18.0 Å². The number of hydrogen-bond acceptors (Lipinski definition) is 6. The molecular formula is C58H43NO5. The molecule has 64 heavy (non-hydrogen) atoms. The lowest BCUT2D eigenvalue weighted by molar-refractivity contribution is 0.0730. The Morgan fingerprint density at radius 1 is 0.516 bits per heavy atom. The highest BCUT2D eigenvalue weighted by atomic mass is 16.5. The van der Waals surface area contributed by atoms with Gasteiger partial charge in [-0.25, -0.2) is 9.59 Å². The van der Waals surface area contributed by atoms with Crippen molar-refractivity contribution < 1.29 is 19.1 Å². The minimum Gasteiger partial charge on any atom is -0.508 e. The molecule has 0 bridgehead atoms. The van der Waals surface area contributed by atoms with Gasteiger partial charge < -0.3 is 19.2 Å². The number of fused-ring (bicyclic) bond motifs is 2. The molecule has 0 unspecified atom stereocenters. The quantitative estimate of drug-likeness (QED) is 0.0933. The lowest BCUT2D eigenvalue weighted by Crippen LogP contribution is -2.34. The summed E-state index contributed by atoms with van der Waals surface area (Å²) in [5.41, 5.74) is 15.3. The summed E-state index contributed by atoms with van der Waals surface area (Å²) in [5.74, 6) is -0.299. The Labute approximate surface area is 371 Å². The number of carbonyl (C=O) groups excluding carboxylic acids is 1. The van der Waals surface area contributed by atoms with Gasteiger partial charge in [-0.2, -0.15) is 0 Å². The maximum Gasteiger partial charge on any atom is 0.351 e. The van der Waals surface area contributed by atoms with E-state index in [1.54, 1.807) is 30.3 Å². The van der Waals surface area contributed by atoms with Gasteiger partial charge in [0.2, 0.25) is 0 Å². The first-order valence-electron chi connectivity index (χ1n) is 22.0. The van der Waals surface area contributed by atoms with E-state index in [4.69, 9.17) is 9.15 Å². The zero-order valence-corrected chi connectivity index (χ0v) is 35.1. The van der Waals surface area contributed by atoms with Crippen LogP contribution in [0.3, 0.4) is 0 Å². The summed E-state index contributed by atoms with van der Waals surface area (Å²) in [6, 6.07) is 60.6. The van der Waals surface area contributed by atoms with Crippen molar-refractivity contribution >= 4 is 22.6 Å². The average Bonchev–Trinajstić information content (AvgIpc) is 3.35. The molecule has 1 aromatic heterocycles. The lowest BCUT2D eigenvalue weighted by atomic mass is 9.74. The Kier molecular flexibility index (Phi) is 9.97. The predicted molar refractivity (Wildman–Crippen MR) is 257 cm³/mol. The van der Waals surface area contributed by atoms with Crippen molar-refractivity contribution in [3.63, 3.8) is 0 Å². The Morgan fingerprint density at radius 3 is 1.41 bits per heavy atom. The van der Waals surface area contributed by atoms with E-state index in [1.807, 2.05) is 48.5 Å². The standard InChI is InChI=1S/C58H43NO5/c60-45-29-25-41(26-30-45)53-51(39-19-9-3-10-20-39)49(37-15-5-1-6-16-37)50(38-17-7-2-8-18-38)52(40-21-11-4-12-22-40)54(53)42-27-31-46(32-28-42)63-57(61)48-36-44-35-43-23-13-33-59-34-14-24-47(55(43)59)56(44)64-58(48)62/h1-12,15-22,25-32,35-36,60H,13-14,23-24,33-34H2. The molecule has 1 N–H and O–H groups in total. The number of carbonyl (C=O) groups is 1. The first kappa shape index (κ1) is 38.9. The zero-order valence-electron chi connectivity index (χ0n) is 35.1. The van der Waals surface area contributed by atoms with Gasteiger partial charge in [-0.15, -0.1) is 0 Å². The molecule has 0 spiro atoms. The Hall–Kier alpha value is -7.96. The van der Waals surface area contributed by atoms with E-state index >= 15 is 0 Å². The van der Waals surface area contributed by atoms with Crippen molar-refractivity contribution in [1.82, 2.24) is 0 Å². The molecule has 0 saturated heterocycles. The average molecular weight is 834 g/mol. The van der Waals surface area contributed by atoms with Crippen LogP contribution in [-0.4, -0.2) is 24.2 Å². The van der Waals surface area contributed by atoms with E-state index in [-0.39, 0.29) is 11.3 Å². The summed E-state index contributed by atoms with van der Waals surface area (Å²) in [6.45, 7) is 2.01. The summed E-state index contributed by atoms with van der Waals surface area (Å²) < 4.78 is 11.9. The van der Waals surface area contributed by atoms with Crippen molar-refractivity contribution in [3.8, 4) is 78.3 Å². The summed E-state index contributed by atoms with van der Waals surface area (Å²) >= 11 is 0. The van der Waals surface area contributed by atoms with Crippen LogP contribution >= 0.6 is 0 Å². The van der Waals surface area contributed by atoms with Crippen LogP contribution in [0.15, 0.2) is 191 Å². The number of phenols is 1. The number of nitrogens with zero attached hydrogens (tertiary/aromatic N) is 1. The molecule has 2 aliphatic rings. The van der Waals surface area contributed by atoms with Crippen molar-refractivity contribution in [3.05, 3.63) is 209 Å². The molecule has 8 aromatic carbocycles. The number of ether oxygens (including phenoxy) is 1. The fourth-order valence-corrected chi connectivity index (χ4v) is 9.97. The van der Waals surface area contributed by atoms with Gasteiger partial charge in [0.05, 0.1) is 0 Å². The van der Waals surface area contributed by atoms with Gasteiger partial charge in [0, 0.05) is 29.7 Å². The van der Waals surface area contributed by atoms with E-state index in [1.165, 1.54) is 11.3 Å². The number of phenolic OH excluding ortho intramolecular Hbond substituents is 1. The van der Waals surface area contributed by atoms with Crippen LogP contribution in [0.5, 0.6) is 11.5 Å². The third-order valence-electron chi connectivity index (χ3n) is 12.7. The molecule has 0 amide bonds. The summed E-state index contributed by atoms with van der Waals surface area (Å²) in [7, 11) is 0. The smallest absolute Gasteiger partial charge is 0.351 e. The van der Waals surface area contributed by atoms with Gasteiger partial charge in [-0.3, -0.25) is 0 Å². The molecular weight excluding hydrogens is 791 g/mol. The zero-order chi connectivity index (χ0) is 43.1. The summed E-state index contributed by atoms with van der Waals surface area (Å²) in [5, 5.41) is 11.3. The Morgan fingerprint density at radius 2 is 0.938 bits per heavy atom. The first-order valence-corrected chi connectivity index (χ1v) is 22.0. The maximum absolute atomic E-state index is 13.9. The van der Waals surface area contributed by atoms with Gasteiger partial charge in [-0.05, 0) is 134 Å². The molecule has 3 heterocycles. The van der Waals surface area contributed by atoms with E-state index < -0.39 is 11.6 Å². The van der Waals surface area contributed by atoms with Gasteiger partial charge in [0.1, 0.15) is 22.6 Å². The second-order valence-electron chi connectivity index (χ2n) is 16.6. The number of benzene rings is 8. The monoisotopic (exact) mass is 833 g/mol. The highest BCUT2D eigenvalue weighted by Gasteiger charge is 2.31. The second kappa shape index (κ2) is 16.4. The minimum absolute atomic E-state index is 0.135. The van der Waals surface area contributed by atoms with Crippen LogP contribution in [0.25, 0.3) is 77.7 Å². The number of aryl methyl sites for hydroxylation is 2. The molecule has 0 radical (unpaired) electrons. The number of rotatable bonds is 8. The van der Waals surface area contributed by atoms with Crippen molar-refractivity contribution in [1.29, 1.82) is 0 Å². The third-order valence-corrected chi connectivity index (χ3v) is 12.7. The Balaban J connectivity index is 1.11. The van der Waals surface area contributed by atoms with Crippen LogP contribution in [0.2, 0.25) is 0 Å². The molecule has 0 atom stereocenters. The van der Waals surface area contributed by atoms with Crippen LogP contribution in [0.4, 0.5) is 5.69 Å². The fourth-order valence-electron chi connectivity index (χ4n) is 9.97. The predicted octanol–water partition coefficient (Wildman–Crippen LogP) is 13.4. The van der Waals surface area contributed by atoms with Crippen LogP contribution in [0, 0.1) is 0 Å². The van der Waals surface area contributed by atoms with Gasteiger partial charge in [-0.1, -0.05) is 146 Å². The molecule has 6 heteroatoms. The normalized spacial score (nSPS) is 13.1. The van der Waals surface area contributed by atoms with E-state index in [0.29, 0.717) is 11.3 Å². The summed E-state index contributed by atoms with van der Waals surface area (Å²) in [6.07, 6.45) is 3.86. The molecule has 310 valence electrons. The van der Waals surface area contributed by atoms with E-state index in [9.17, 15) is 14.7 Å². The topological polar surface area (TPSA) is 80.0 Å². The third kappa shape index (κ3) is 6.94. The van der Waals surface area contributed by atoms with Crippen LogP contribution < -0.4 is 15.3 Å². The highest BCUT2D eigenvalue weighted by molar-refractivity contribution is 6.15. The van der Waals surface area contributed by atoms with Gasteiger partial charge in [0.25, 0.3) is 0 Å². The van der Waals surface area contributed by atoms with Crippen LogP contribution in [0.1, 0.15) is 34.3 Å². The first-order chi connectivity index (χ1) is 31.5. The molecule has 0 fully saturated rings. The molecule has 11 rings (SSSR count).